The monoisotopic (exact) mass is 400 g/mol. The van der Waals surface area contributed by atoms with Gasteiger partial charge in [-0.25, -0.2) is 13.4 Å². The van der Waals surface area contributed by atoms with Gasteiger partial charge in [-0.1, -0.05) is 12.1 Å². The van der Waals surface area contributed by atoms with E-state index in [0.29, 0.717) is 17.9 Å². The van der Waals surface area contributed by atoms with Crippen molar-refractivity contribution in [3.8, 4) is 11.1 Å². The number of benzene rings is 1. The lowest BCUT2D eigenvalue weighted by atomic mass is 10.0. The number of nitrogens with zero attached hydrogens (tertiary/aromatic N) is 2. The molecule has 1 aliphatic rings. The number of sulfone groups is 1. The Morgan fingerprint density at radius 3 is 2.48 bits per heavy atom. The molecule has 9 heteroatoms. The maximum absolute atomic E-state index is 13.2. The van der Waals surface area contributed by atoms with Crippen LogP contribution in [0.4, 0.5) is 19.0 Å². The van der Waals surface area contributed by atoms with E-state index in [1.54, 1.807) is 4.90 Å². The molecule has 1 N–H and O–H groups in total. The zero-order valence-corrected chi connectivity index (χ0v) is 15.4. The summed E-state index contributed by atoms with van der Waals surface area (Å²) in [5, 5.41) is 9.55. The van der Waals surface area contributed by atoms with Gasteiger partial charge in [0.2, 0.25) is 0 Å². The van der Waals surface area contributed by atoms with Crippen molar-refractivity contribution in [2.24, 2.45) is 0 Å². The molecule has 0 spiro atoms. The van der Waals surface area contributed by atoms with Crippen LogP contribution in [0, 0.1) is 0 Å². The fourth-order valence-electron chi connectivity index (χ4n) is 3.24. The predicted molar refractivity (Wildman–Crippen MR) is 95.2 cm³/mol. The molecule has 146 valence electrons. The average Bonchev–Trinajstić information content (AvgIpc) is 3.08. The molecule has 0 unspecified atom stereocenters. The van der Waals surface area contributed by atoms with Gasteiger partial charge in [0.05, 0.1) is 23.1 Å². The zero-order valence-electron chi connectivity index (χ0n) is 14.6. The highest BCUT2D eigenvalue weighted by Gasteiger charge is 2.34. The molecule has 2 aromatic rings. The molecule has 3 rings (SSSR count). The molecule has 0 aliphatic carbocycles. The van der Waals surface area contributed by atoms with Crippen molar-refractivity contribution >= 4 is 15.7 Å². The van der Waals surface area contributed by atoms with Crippen LogP contribution in [0.25, 0.3) is 11.1 Å². The van der Waals surface area contributed by atoms with E-state index in [2.05, 4.69) is 4.98 Å². The average molecular weight is 400 g/mol. The van der Waals surface area contributed by atoms with Gasteiger partial charge < -0.3 is 10.0 Å². The molecule has 2 heterocycles. The maximum atomic E-state index is 13.2. The zero-order chi connectivity index (χ0) is 19.8. The first-order valence-electron chi connectivity index (χ1n) is 8.36. The number of alkyl halides is 3. The lowest BCUT2D eigenvalue weighted by molar-refractivity contribution is -0.137. The van der Waals surface area contributed by atoms with Crippen molar-refractivity contribution in [1.82, 2.24) is 4.98 Å². The van der Waals surface area contributed by atoms with Gasteiger partial charge in [0.15, 0.2) is 9.84 Å². The van der Waals surface area contributed by atoms with Crippen molar-refractivity contribution in [1.29, 1.82) is 0 Å². The van der Waals surface area contributed by atoms with Gasteiger partial charge in [0.25, 0.3) is 0 Å². The van der Waals surface area contributed by atoms with Crippen LogP contribution in [0.1, 0.15) is 18.4 Å². The van der Waals surface area contributed by atoms with Crippen LogP contribution in [0.5, 0.6) is 0 Å². The van der Waals surface area contributed by atoms with E-state index in [9.17, 15) is 26.7 Å². The Morgan fingerprint density at radius 1 is 1.26 bits per heavy atom. The number of rotatable bonds is 4. The maximum Gasteiger partial charge on any atom is 0.417 e. The molecule has 0 bridgehead atoms. The van der Waals surface area contributed by atoms with Crippen molar-refractivity contribution < 1.29 is 26.7 Å². The van der Waals surface area contributed by atoms with Gasteiger partial charge in [-0.05, 0) is 36.6 Å². The minimum atomic E-state index is -4.55. The summed E-state index contributed by atoms with van der Waals surface area (Å²) in [6.45, 7) is 0.465. The van der Waals surface area contributed by atoms with Gasteiger partial charge in [-0.3, -0.25) is 0 Å². The fourth-order valence-corrected chi connectivity index (χ4v) is 3.87. The van der Waals surface area contributed by atoms with Crippen LogP contribution in [0.3, 0.4) is 0 Å². The van der Waals surface area contributed by atoms with Gasteiger partial charge in [0.1, 0.15) is 5.82 Å². The molecule has 0 amide bonds. The van der Waals surface area contributed by atoms with Gasteiger partial charge in [0, 0.05) is 24.6 Å². The van der Waals surface area contributed by atoms with Gasteiger partial charge >= 0.3 is 6.18 Å². The third-order valence-electron chi connectivity index (χ3n) is 4.65. The number of anilines is 1. The Hall–Kier alpha value is -2.13. The molecule has 5 nitrogen and oxygen atoms in total. The Bertz CT molecular complexity index is 928. The summed E-state index contributed by atoms with van der Waals surface area (Å²) in [5.41, 5.74) is -0.196. The van der Waals surface area contributed by atoms with E-state index in [-0.39, 0.29) is 23.1 Å². The number of hydrogen-bond donors (Lipinski definition) is 1. The number of aromatic nitrogens is 1. The molecule has 0 saturated carbocycles. The number of aliphatic hydroxyl groups excluding tert-OH is 1. The second kappa shape index (κ2) is 7.12. The quantitative estimate of drug-likeness (QED) is 0.854. The van der Waals surface area contributed by atoms with E-state index in [0.717, 1.165) is 31.4 Å². The Kier molecular flexibility index (Phi) is 5.18. The first-order chi connectivity index (χ1) is 12.6. The van der Waals surface area contributed by atoms with E-state index in [4.69, 9.17) is 0 Å². The van der Waals surface area contributed by atoms with Crippen molar-refractivity contribution in [2.45, 2.75) is 30.0 Å². The van der Waals surface area contributed by atoms with Crippen LogP contribution in [-0.4, -0.2) is 44.0 Å². The van der Waals surface area contributed by atoms with Crippen molar-refractivity contribution in [3.05, 3.63) is 42.1 Å². The van der Waals surface area contributed by atoms with E-state index < -0.39 is 21.6 Å². The summed E-state index contributed by atoms with van der Waals surface area (Å²) in [6, 6.07) is 6.49. The van der Waals surface area contributed by atoms with Gasteiger partial charge in [-0.2, -0.15) is 13.2 Å². The Morgan fingerprint density at radius 2 is 1.93 bits per heavy atom. The van der Waals surface area contributed by atoms with E-state index >= 15 is 0 Å². The highest BCUT2D eigenvalue weighted by atomic mass is 32.2. The number of pyridine rings is 1. The molecule has 1 aliphatic heterocycles. The molecular weight excluding hydrogens is 381 g/mol. The summed E-state index contributed by atoms with van der Waals surface area (Å²) in [4.78, 5) is 5.94. The summed E-state index contributed by atoms with van der Waals surface area (Å²) in [7, 11) is -3.41. The summed E-state index contributed by atoms with van der Waals surface area (Å²) >= 11 is 0. The lowest BCUT2D eigenvalue weighted by Crippen LogP contribution is -2.33. The smallest absolute Gasteiger partial charge is 0.394 e. The fraction of sp³-hybridized carbons (Fsp3) is 0.389. The lowest BCUT2D eigenvalue weighted by Gasteiger charge is -2.27. The number of hydrogen-bond acceptors (Lipinski definition) is 5. The SMILES string of the molecule is CS(=O)(=O)c1ccc(-c2cc(C(F)(F)F)cnc2N2CCC[C@@H]2CO)cc1. The summed E-state index contributed by atoms with van der Waals surface area (Å²) in [5.74, 6) is 0.353. The minimum absolute atomic E-state index is 0.0853. The van der Waals surface area contributed by atoms with E-state index in [1.807, 2.05) is 0 Å². The van der Waals surface area contributed by atoms with Crippen LogP contribution < -0.4 is 4.90 Å². The predicted octanol–water partition coefficient (Wildman–Crippen LogP) is 3.13. The third kappa shape index (κ3) is 4.08. The van der Waals surface area contributed by atoms with Crippen LogP contribution >= 0.6 is 0 Å². The van der Waals surface area contributed by atoms with Crippen molar-refractivity contribution in [2.75, 3.05) is 24.3 Å². The highest BCUT2D eigenvalue weighted by molar-refractivity contribution is 7.90. The summed E-state index contributed by atoms with van der Waals surface area (Å²) in [6.07, 6.45) is -1.16. The molecule has 1 saturated heterocycles. The molecular formula is C18H19F3N2O3S. The second-order valence-corrected chi connectivity index (χ2v) is 8.58. The normalized spacial score (nSPS) is 18.1. The van der Waals surface area contributed by atoms with Crippen LogP contribution in [0.15, 0.2) is 41.4 Å². The number of aliphatic hydroxyl groups is 1. The Labute approximate surface area is 155 Å². The molecule has 0 radical (unpaired) electrons. The first kappa shape index (κ1) is 19.6. The van der Waals surface area contributed by atoms with Crippen LogP contribution in [0.2, 0.25) is 0 Å². The van der Waals surface area contributed by atoms with E-state index in [1.165, 1.54) is 24.3 Å². The van der Waals surface area contributed by atoms with Crippen molar-refractivity contribution in [3.63, 3.8) is 0 Å². The molecule has 27 heavy (non-hydrogen) atoms. The number of halogens is 3. The highest BCUT2D eigenvalue weighted by Crippen LogP contribution is 2.38. The molecule has 1 aromatic carbocycles. The third-order valence-corrected chi connectivity index (χ3v) is 5.78. The molecule has 1 aromatic heterocycles. The first-order valence-corrected chi connectivity index (χ1v) is 10.3. The molecule has 1 fully saturated rings. The van der Waals surface area contributed by atoms with Crippen LogP contribution in [-0.2, 0) is 16.0 Å². The minimum Gasteiger partial charge on any atom is -0.394 e. The second-order valence-electron chi connectivity index (χ2n) is 6.56. The Balaban J connectivity index is 2.13. The standard InChI is InChI=1S/C18H19F3N2O3S/c1-27(25,26)15-6-4-12(5-7-15)16-9-13(18(19,20)21)10-22-17(16)23-8-2-3-14(23)11-24/h4-7,9-10,14,24H,2-3,8,11H2,1H3/t14-/m1/s1. The van der Waals surface area contributed by atoms with Gasteiger partial charge in [-0.15, -0.1) is 0 Å². The summed E-state index contributed by atoms with van der Waals surface area (Å²) < 4.78 is 62.8. The largest absolute Gasteiger partial charge is 0.417 e. The topological polar surface area (TPSA) is 70.5 Å². The molecule has 1 atom stereocenters.